The fraction of sp³-hybridized carbons (Fsp3) is 0.200. The molecule has 2 aromatic rings. The third-order valence-electron chi connectivity index (χ3n) is 3.34. The van der Waals surface area contributed by atoms with Gasteiger partial charge in [-0.05, 0) is 29.3 Å². The molecule has 2 unspecified atom stereocenters. The van der Waals surface area contributed by atoms with E-state index in [2.05, 4.69) is 5.32 Å². The lowest BCUT2D eigenvalue weighted by atomic mass is 10.1. The van der Waals surface area contributed by atoms with Crippen LogP contribution in [0.3, 0.4) is 0 Å². The molecule has 3 rings (SSSR count). The highest BCUT2D eigenvalue weighted by atomic mass is 16.6. The van der Waals surface area contributed by atoms with Crippen LogP contribution in [-0.4, -0.2) is 23.2 Å². The fourth-order valence-electron chi connectivity index (χ4n) is 2.15. The lowest BCUT2D eigenvalue weighted by Gasteiger charge is -2.06. The van der Waals surface area contributed by atoms with Gasteiger partial charge in [0.05, 0.1) is 5.92 Å². The smallest absolute Gasteiger partial charge is 0.412 e. The maximum absolute atomic E-state index is 11.6. The minimum atomic E-state index is -0.888. The van der Waals surface area contributed by atoms with Crippen molar-refractivity contribution in [1.82, 2.24) is 5.32 Å². The van der Waals surface area contributed by atoms with E-state index < -0.39 is 18.0 Å². The molecule has 0 heterocycles. The molecule has 0 saturated heterocycles. The number of fused-ring (bicyclic) bond motifs is 1. The topological polar surface area (TPSA) is 75.6 Å². The zero-order chi connectivity index (χ0) is 14.1. The first kappa shape index (κ1) is 12.5. The number of aliphatic carboxylic acids is 1. The number of carboxylic acid groups (broad SMARTS) is 1. The normalized spacial score (nSPS) is 20.4. The van der Waals surface area contributed by atoms with E-state index in [4.69, 9.17) is 9.84 Å². The van der Waals surface area contributed by atoms with Crippen molar-refractivity contribution in [2.24, 2.45) is 5.92 Å². The van der Waals surface area contributed by atoms with Gasteiger partial charge in [0.1, 0.15) is 5.75 Å². The Bertz CT molecular complexity index is 682. The number of hydrogen-bond acceptors (Lipinski definition) is 3. The predicted molar refractivity (Wildman–Crippen MR) is 72.6 cm³/mol. The van der Waals surface area contributed by atoms with Crippen LogP contribution in [0.15, 0.2) is 42.5 Å². The van der Waals surface area contributed by atoms with Gasteiger partial charge in [0.15, 0.2) is 0 Å². The first-order chi connectivity index (χ1) is 9.63. The van der Waals surface area contributed by atoms with E-state index in [1.54, 1.807) is 12.1 Å². The van der Waals surface area contributed by atoms with Crippen molar-refractivity contribution < 1.29 is 19.4 Å². The molecule has 1 aliphatic carbocycles. The van der Waals surface area contributed by atoms with Crippen molar-refractivity contribution in [3.8, 4) is 5.75 Å². The molecule has 5 nitrogen and oxygen atoms in total. The number of carboxylic acids is 1. The highest BCUT2D eigenvalue weighted by molar-refractivity contribution is 5.85. The Labute approximate surface area is 115 Å². The molecule has 0 radical (unpaired) electrons. The average molecular weight is 271 g/mol. The Kier molecular flexibility index (Phi) is 3.02. The summed E-state index contributed by atoms with van der Waals surface area (Å²) in [5.41, 5.74) is 0. The third-order valence-corrected chi connectivity index (χ3v) is 3.34. The summed E-state index contributed by atoms with van der Waals surface area (Å²) in [4.78, 5) is 22.3. The number of ether oxygens (including phenoxy) is 1. The van der Waals surface area contributed by atoms with E-state index in [9.17, 15) is 9.59 Å². The first-order valence-corrected chi connectivity index (χ1v) is 6.33. The van der Waals surface area contributed by atoms with Crippen molar-refractivity contribution in [3.63, 3.8) is 0 Å². The van der Waals surface area contributed by atoms with Crippen LogP contribution in [0.2, 0.25) is 0 Å². The molecule has 1 amide bonds. The second-order valence-electron chi connectivity index (χ2n) is 4.83. The molecule has 2 aromatic carbocycles. The van der Waals surface area contributed by atoms with Crippen LogP contribution in [0.25, 0.3) is 10.8 Å². The van der Waals surface area contributed by atoms with Gasteiger partial charge in [0.2, 0.25) is 0 Å². The molecule has 2 N–H and O–H groups in total. The number of carbonyl (C=O) groups is 2. The van der Waals surface area contributed by atoms with Crippen LogP contribution < -0.4 is 10.1 Å². The summed E-state index contributed by atoms with van der Waals surface area (Å²) in [5.74, 6) is -0.936. The molecular weight excluding hydrogens is 258 g/mol. The number of carbonyl (C=O) groups excluding carboxylic acids is 1. The van der Waals surface area contributed by atoms with Crippen LogP contribution in [0, 0.1) is 5.92 Å². The average Bonchev–Trinajstić information content (AvgIpc) is 3.18. The molecule has 5 heteroatoms. The van der Waals surface area contributed by atoms with Crippen molar-refractivity contribution in [1.29, 1.82) is 0 Å². The Morgan fingerprint density at radius 3 is 2.60 bits per heavy atom. The van der Waals surface area contributed by atoms with Crippen LogP contribution in [0.4, 0.5) is 4.79 Å². The van der Waals surface area contributed by atoms with E-state index in [1.165, 1.54) is 0 Å². The Morgan fingerprint density at radius 2 is 1.90 bits per heavy atom. The molecule has 0 aliphatic heterocycles. The van der Waals surface area contributed by atoms with Crippen molar-refractivity contribution in [3.05, 3.63) is 42.5 Å². The van der Waals surface area contributed by atoms with Crippen LogP contribution in [-0.2, 0) is 4.79 Å². The molecule has 1 aliphatic rings. The Hall–Kier alpha value is -2.56. The van der Waals surface area contributed by atoms with Crippen molar-refractivity contribution >= 4 is 22.8 Å². The van der Waals surface area contributed by atoms with Gasteiger partial charge in [-0.2, -0.15) is 0 Å². The fourth-order valence-corrected chi connectivity index (χ4v) is 2.15. The molecule has 0 bridgehead atoms. The summed E-state index contributed by atoms with van der Waals surface area (Å²) < 4.78 is 5.16. The lowest BCUT2D eigenvalue weighted by Crippen LogP contribution is -2.30. The molecule has 102 valence electrons. The molecule has 1 fully saturated rings. The number of benzene rings is 2. The second kappa shape index (κ2) is 4.85. The van der Waals surface area contributed by atoms with E-state index in [-0.39, 0.29) is 6.04 Å². The van der Waals surface area contributed by atoms with Gasteiger partial charge in [-0.25, -0.2) is 4.79 Å². The van der Waals surface area contributed by atoms with Gasteiger partial charge >= 0.3 is 12.1 Å². The van der Waals surface area contributed by atoms with E-state index in [0.717, 1.165) is 10.8 Å². The standard InChI is InChI=1S/C15H13NO4/c17-14(18)12-8-13(12)16-15(19)20-11-6-5-9-3-1-2-4-10(9)7-11/h1-7,12-13H,8H2,(H,16,19)(H,17,18). The van der Waals surface area contributed by atoms with Crippen molar-refractivity contribution in [2.75, 3.05) is 0 Å². The quantitative estimate of drug-likeness (QED) is 0.898. The van der Waals surface area contributed by atoms with E-state index in [1.807, 2.05) is 30.3 Å². The summed E-state index contributed by atoms with van der Waals surface area (Å²) in [6.45, 7) is 0. The molecule has 1 saturated carbocycles. The van der Waals surface area contributed by atoms with E-state index >= 15 is 0 Å². The first-order valence-electron chi connectivity index (χ1n) is 6.33. The minimum absolute atomic E-state index is 0.319. The van der Waals surface area contributed by atoms with Crippen LogP contribution >= 0.6 is 0 Å². The number of hydrogen-bond donors (Lipinski definition) is 2. The number of amides is 1. The summed E-state index contributed by atoms with van der Waals surface area (Å²) in [5, 5.41) is 13.3. The summed E-state index contributed by atoms with van der Waals surface area (Å²) >= 11 is 0. The number of rotatable bonds is 3. The van der Waals surface area contributed by atoms with E-state index in [0.29, 0.717) is 12.2 Å². The summed E-state index contributed by atoms with van der Waals surface area (Å²) in [7, 11) is 0. The third kappa shape index (κ3) is 2.56. The van der Waals surface area contributed by atoms with Gasteiger partial charge in [0, 0.05) is 6.04 Å². The van der Waals surface area contributed by atoms with Gasteiger partial charge < -0.3 is 15.2 Å². The largest absolute Gasteiger partial charge is 0.481 e. The van der Waals surface area contributed by atoms with Gasteiger partial charge in [0.25, 0.3) is 0 Å². The predicted octanol–water partition coefficient (Wildman–Crippen LogP) is 2.40. The zero-order valence-corrected chi connectivity index (χ0v) is 10.6. The van der Waals surface area contributed by atoms with Crippen LogP contribution in [0.1, 0.15) is 6.42 Å². The maximum atomic E-state index is 11.6. The van der Waals surface area contributed by atoms with Crippen LogP contribution in [0.5, 0.6) is 5.75 Å². The number of nitrogens with one attached hydrogen (secondary N) is 1. The summed E-state index contributed by atoms with van der Waals surface area (Å²) in [6, 6.07) is 12.8. The van der Waals surface area contributed by atoms with Crippen molar-refractivity contribution in [2.45, 2.75) is 12.5 Å². The highest BCUT2D eigenvalue weighted by Crippen LogP contribution is 2.30. The highest BCUT2D eigenvalue weighted by Gasteiger charge is 2.44. The maximum Gasteiger partial charge on any atom is 0.412 e. The SMILES string of the molecule is O=C(NC1CC1C(=O)O)Oc1ccc2ccccc2c1. The zero-order valence-electron chi connectivity index (χ0n) is 10.6. The monoisotopic (exact) mass is 271 g/mol. The molecule has 2 atom stereocenters. The molecule has 0 aromatic heterocycles. The lowest BCUT2D eigenvalue weighted by molar-refractivity contribution is -0.138. The summed E-state index contributed by atoms with van der Waals surface area (Å²) in [6.07, 6.45) is -0.156. The Morgan fingerprint density at radius 1 is 1.15 bits per heavy atom. The second-order valence-corrected chi connectivity index (χ2v) is 4.83. The Balaban J connectivity index is 1.64. The molecule has 20 heavy (non-hydrogen) atoms. The molecular formula is C15H13NO4. The van der Waals surface area contributed by atoms with Gasteiger partial charge in [-0.1, -0.05) is 30.3 Å². The minimum Gasteiger partial charge on any atom is -0.481 e. The molecule has 0 spiro atoms. The van der Waals surface area contributed by atoms with Gasteiger partial charge in [-0.3, -0.25) is 4.79 Å². The van der Waals surface area contributed by atoms with Gasteiger partial charge in [-0.15, -0.1) is 0 Å².